The molecule has 0 heterocycles. The third-order valence-corrected chi connectivity index (χ3v) is 1.01. The van der Waals surface area contributed by atoms with Crippen molar-refractivity contribution < 1.29 is 15.3 Å². The van der Waals surface area contributed by atoms with E-state index in [1.54, 1.807) is 6.92 Å². The van der Waals surface area contributed by atoms with Gasteiger partial charge < -0.3 is 15.3 Å². The molecule has 3 heteroatoms. The van der Waals surface area contributed by atoms with E-state index in [4.69, 9.17) is 15.3 Å². The summed E-state index contributed by atoms with van der Waals surface area (Å²) in [5.41, 5.74) is 0. The molecule has 0 unspecified atom stereocenters. The normalized spacial score (nSPS) is 7.50. The minimum Gasteiger partial charge on any atom is -0.400 e. The highest BCUT2D eigenvalue weighted by atomic mass is 16.3. The summed E-state index contributed by atoms with van der Waals surface area (Å²) in [6, 6.07) is 0. The van der Waals surface area contributed by atoms with Crippen molar-refractivity contribution >= 4 is 0 Å². The van der Waals surface area contributed by atoms with Gasteiger partial charge in [-0.3, -0.25) is 0 Å². The maximum absolute atomic E-state index is 8.29. The zero-order chi connectivity index (χ0) is 10.2. The molecule has 3 N–H and O–H groups in total. The van der Waals surface area contributed by atoms with Crippen LogP contribution in [0.4, 0.5) is 0 Å². The smallest absolute Gasteiger partial charge is 0.0431 e. The van der Waals surface area contributed by atoms with E-state index in [0.717, 1.165) is 13.5 Å². The summed E-state index contributed by atoms with van der Waals surface area (Å²) < 4.78 is 0. The number of hydrogen-bond acceptors (Lipinski definition) is 3. The summed E-state index contributed by atoms with van der Waals surface area (Å²) in [6.07, 6.45) is 4.68. The monoisotopic (exact) mass is 180 g/mol. The van der Waals surface area contributed by atoms with Crippen molar-refractivity contribution in [3.8, 4) is 0 Å². The summed E-state index contributed by atoms with van der Waals surface area (Å²) in [5.74, 6) is 0. The largest absolute Gasteiger partial charge is 0.400 e. The van der Waals surface area contributed by atoms with Crippen LogP contribution in [0.3, 0.4) is 0 Å². The molecule has 0 aliphatic carbocycles. The summed E-state index contributed by atoms with van der Waals surface area (Å²) in [4.78, 5) is 0. The zero-order valence-corrected chi connectivity index (χ0v) is 8.58. The van der Waals surface area contributed by atoms with Crippen LogP contribution in [0.2, 0.25) is 0 Å². The highest BCUT2D eigenvalue weighted by Crippen LogP contribution is 1.95. The van der Waals surface area contributed by atoms with E-state index in [1.165, 1.54) is 19.3 Å². The Morgan fingerprint density at radius 2 is 1.25 bits per heavy atom. The van der Waals surface area contributed by atoms with Crippen molar-refractivity contribution in [2.24, 2.45) is 0 Å². The number of unbranched alkanes of at least 4 members (excludes halogenated alkanes) is 3. The summed E-state index contributed by atoms with van der Waals surface area (Å²) in [6.45, 7) is 4.46. The second-order valence-corrected chi connectivity index (χ2v) is 2.10. The molecular formula is C9H24O3. The van der Waals surface area contributed by atoms with Crippen LogP contribution in [0, 0.1) is 0 Å². The molecule has 0 aliphatic rings. The maximum Gasteiger partial charge on any atom is 0.0431 e. The Bertz CT molecular complexity index is 36.8. The predicted octanol–water partition coefficient (Wildman–Crippen LogP) is 1.17. The quantitative estimate of drug-likeness (QED) is 0.569. The molecule has 0 radical (unpaired) electrons. The minimum absolute atomic E-state index is 0.250. The van der Waals surface area contributed by atoms with E-state index < -0.39 is 0 Å². The van der Waals surface area contributed by atoms with Crippen molar-refractivity contribution in [2.75, 3.05) is 20.3 Å². The van der Waals surface area contributed by atoms with Crippen molar-refractivity contribution in [1.82, 2.24) is 0 Å². The molecule has 0 rings (SSSR count). The van der Waals surface area contributed by atoms with Gasteiger partial charge in [0, 0.05) is 20.3 Å². The lowest BCUT2D eigenvalue weighted by molar-refractivity contribution is 0.283. The van der Waals surface area contributed by atoms with Crippen LogP contribution >= 0.6 is 0 Å². The number of rotatable bonds is 4. The first-order valence-electron chi connectivity index (χ1n) is 4.49. The Balaban J connectivity index is -0.000000137. The third-order valence-electron chi connectivity index (χ3n) is 1.01. The van der Waals surface area contributed by atoms with Gasteiger partial charge in [-0.25, -0.2) is 0 Å². The van der Waals surface area contributed by atoms with Gasteiger partial charge in [-0.15, -0.1) is 0 Å². The molecular weight excluding hydrogens is 156 g/mol. The van der Waals surface area contributed by atoms with Crippen LogP contribution in [0.25, 0.3) is 0 Å². The SMILES string of the molecule is CCCCCCO.CCO.CO. The molecule has 0 atom stereocenters. The van der Waals surface area contributed by atoms with Crippen molar-refractivity contribution in [3.63, 3.8) is 0 Å². The molecule has 0 spiro atoms. The fourth-order valence-corrected chi connectivity index (χ4v) is 0.539. The first-order chi connectivity index (χ1) is 5.83. The lowest BCUT2D eigenvalue weighted by Crippen LogP contribution is -1.80. The Kier molecular flexibility index (Phi) is 45.7. The second-order valence-electron chi connectivity index (χ2n) is 2.10. The van der Waals surface area contributed by atoms with Crippen molar-refractivity contribution in [2.45, 2.75) is 39.5 Å². The van der Waals surface area contributed by atoms with Crippen molar-refractivity contribution in [3.05, 3.63) is 0 Å². The average Bonchev–Trinajstić information content (AvgIpc) is 2.11. The molecule has 0 fully saturated rings. The molecule has 0 aromatic rings. The van der Waals surface area contributed by atoms with Crippen LogP contribution in [-0.4, -0.2) is 35.6 Å². The van der Waals surface area contributed by atoms with Gasteiger partial charge in [0.25, 0.3) is 0 Å². The van der Waals surface area contributed by atoms with Gasteiger partial charge in [0.1, 0.15) is 0 Å². The minimum atomic E-state index is 0.250. The van der Waals surface area contributed by atoms with Gasteiger partial charge in [-0.2, -0.15) is 0 Å². The van der Waals surface area contributed by atoms with E-state index in [2.05, 4.69) is 6.92 Å². The summed E-state index contributed by atoms with van der Waals surface area (Å²) in [7, 11) is 1.00. The fourth-order valence-electron chi connectivity index (χ4n) is 0.539. The molecule has 12 heavy (non-hydrogen) atoms. The van der Waals surface area contributed by atoms with Crippen LogP contribution in [0.5, 0.6) is 0 Å². The van der Waals surface area contributed by atoms with E-state index in [-0.39, 0.29) is 6.61 Å². The van der Waals surface area contributed by atoms with Crippen LogP contribution < -0.4 is 0 Å². The Morgan fingerprint density at radius 1 is 0.833 bits per heavy atom. The highest BCUT2D eigenvalue weighted by molar-refractivity contribution is 4.35. The molecule has 0 bridgehead atoms. The molecule has 0 saturated heterocycles. The van der Waals surface area contributed by atoms with E-state index in [9.17, 15) is 0 Å². The van der Waals surface area contributed by atoms with Gasteiger partial charge in [0.15, 0.2) is 0 Å². The predicted molar refractivity (Wildman–Crippen MR) is 52.1 cm³/mol. The number of hydrogen-bond donors (Lipinski definition) is 3. The third kappa shape index (κ3) is 51.8. The van der Waals surface area contributed by atoms with Gasteiger partial charge in [-0.1, -0.05) is 26.2 Å². The molecule has 0 aromatic carbocycles. The van der Waals surface area contributed by atoms with Gasteiger partial charge in [-0.05, 0) is 13.3 Å². The average molecular weight is 180 g/mol. The van der Waals surface area contributed by atoms with Crippen LogP contribution in [-0.2, 0) is 0 Å². The van der Waals surface area contributed by atoms with Crippen LogP contribution in [0.15, 0.2) is 0 Å². The molecule has 0 aliphatic heterocycles. The Morgan fingerprint density at radius 3 is 1.50 bits per heavy atom. The van der Waals surface area contributed by atoms with Crippen molar-refractivity contribution in [1.29, 1.82) is 0 Å². The van der Waals surface area contributed by atoms with E-state index in [1.807, 2.05) is 0 Å². The molecule has 0 aromatic heterocycles. The van der Waals surface area contributed by atoms with Crippen LogP contribution in [0.1, 0.15) is 39.5 Å². The molecule has 78 valence electrons. The highest BCUT2D eigenvalue weighted by Gasteiger charge is 1.80. The lowest BCUT2D eigenvalue weighted by Gasteiger charge is -1.90. The first-order valence-corrected chi connectivity index (χ1v) is 4.49. The molecule has 0 saturated carbocycles. The topological polar surface area (TPSA) is 60.7 Å². The van der Waals surface area contributed by atoms with E-state index >= 15 is 0 Å². The number of aliphatic hydroxyl groups excluding tert-OH is 3. The molecule has 3 nitrogen and oxygen atoms in total. The fraction of sp³-hybridized carbons (Fsp3) is 1.00. The Labute approximate surface area is 76.1 Å². The summed E-state index contributed by atoms with van der Waals surface area (Å²) in [5, 5.41) is 22.9. The summed E-state index contributed by atoms with van der Waals surface area (Å²) >= 11 is 0. The zero-order valence-electron chi connectivity index (χ0n) is 8.58. The molecule has 0 amide bonds. The second kappa shape index (κ2) is 30.7. The number of aliphatic hydroxyl groups is 3. The van der Waals surface area contributed by atoms with Gasteiger partial charge in [0.2, 0.25) is 0 Å². The van der Waals surface area contributed by atoms with E-state index in [0.29, 0.717) is 6.61 Å². The van der Waals surface area contributed by atoms with Gasteiger partial charge in [0.05, 0.1) is 0 Å². The first kappa shape index (κ1) is 17.8. The maximum atomic E-state index is 8.29. The Hall–Kier alpha value is -0.120. The van der Waals surface area contributed by atoms with Gasteiger partial charge >= 0.3 is 0 Å². The standard InChI is InChI=1S/C6H14O.C2H6O.CH4O/c1-2-3-4-5-6-7;1-2-3;1-2/h7H,2-6H2,1H3;3H,2H2,1H3;2H,1H3. The lowest BCUT2D eigenvalue weighted by atomic mass is 10.2.